The average Bonchev–Trinajstić information content (AvgIpc) is 2.20. The molecule has 0 saturated carbocycles. The molecule has 0 bridgehead atoms. The van der Waals surface area contributed by atoms with E-state index in [1.165, 1.54) is 5.56 Å². The van der Waals surface area contributed by atoms with Gasteiger partial charge < -0.3 is 10.4 Å². The predicted octanol–water partition coefficient (Wildman–Crippen LogP) is 1.19. The second kappa shape index (κ2) is 6.51. The molecule has 0 spiro atoms. The average molecular weight is 194 g/mol. The van der Waals surface area contributed by atoms with Crippen molar-refractivity contribution in [2.45, 2.75) is 19.9 Å². The molecule has 0 aliphatic carbocycles. The molecule has 2 N–H and O–H groups in total. The zero-order valence-corrected chi connectivity index (χ0v) is 8.61. The first-order chi connectivity index (χ1) is 6.83. The van der Waals surface area contributed by atoms with E-state index in [2.05, 4.69) is 17.2 Å². The lowest BCUT2D eigenvalue weighted by Crippen LogP contribution is -2.21. The van der Waals surface area contributed by atoms with Crippen molar-refractivity contribution in [1.82, 2.24) is 10.3 Å². The van der Waals surface area contributed by atoms with Crippen LogP contribution in [0.5, 0.6) is 0 Å². The van der Waals surface area contributed by atoms with E-state index in [4.69, 9.17) is 5.11 Å². The summed E-state index contributed by atoms with van der Waals surface area (Å²) in [4.78, 5) is 3.96. The van der Waals surface area contributed by atoms with Crippen LogP contribution in [0.1, 0.15) is 18.9 Å². The molecule has 0 aliphatic heterocycles. The van der Waals surface area contributed by atoms with Crippen molar-refractivity contribution in [3.05, 3.63) is 30.1 Å². The third-order valence-corrected chi connectivity index (χ3v) is 2.19. The summed E-state index contributed by atoms with van der Waals surface area (Å²) in [5.74, 6) is 0.529. The van der Waals surface area contributed by atoms with Gasteiger partial charge in [0, 0.05) is 25.5 Å². The molecular formula is C11H18N2O. The van der Waals surface area contributed by atoms with Crippen LogP contribution in [-0.2, 0) is 6.54 Å². The number of rotatable bonds is 6. The predicted molar refractivity (Wildman–Crippen MR) is 56.8 cm³/mol. The Morgan fingerprint density at radius 1 is 1.43 bits per heavy atom. The molecule has 0 fully saturated rings. The fourth-order valence-electron chi connectivity index (χ4n) is 1.29. The van der Waals surface area contributed by atoms with Crippen molar-refractivity contribution in [1.29, 1.82) is 0 Å². The standard InChI is InChI=1S/C11H18N2O/c1-10(4-7-14)8-13-9-11-2-5-12-6-3-11/h2-3,5-6,10,13-14H,4,7-9H2,1H3. The number of aliphatic hydroxyl groups excluding tert-OH is 1. The van der Waals surface area contributed by atoms with Gasteiger partial charge in [0.25, 0.3) is 0 Å². The second-order valence-corrected chi connectivity index (χ2v) is 3.60. The Hall–Kier alpha value is -0.930. The zero-order valence-electron chi connectivity index (χ0n) is 8.61. The highest BCUT2D eigenvalue weighted by molar-refractivity contribution is 5.08. The Morgan fingerprint density at radius 3 is 2.79 bits per heavy atom. The lowest BCUT2D eigenvalue weighted by Gasteiger charge is -2.10. The quantitative estimate of drug-likeness (QED) is 0.715. The van der Waals surface area contributed by atoms with Gasteiger partial charge in [-0.15, -0.1) is 0 Å². The molecule has 1 aromatic rings. The number of hydrogen-bond acceptors (Lipinski definition) is 3. The third-order valence-electron chi connectivity index (χ3n) is 2.19. The Labute approximate surface area is 85.2 Å². The molecule has 1 aromatic heterocycles. The minimum Gasteiger partial charge on any atom is -0.396 e. The van der Waals surface area contributed by atoms with Crippen molar-refractivity contribution in [2.75, 3.05) is 13.2 Å². The van der Waals surface area contributed by atoms with E-state index in [1.54, 1.807) is 12.4 Å². The largest absolute Gasteiger partial charge is 0.396 e. The van der Waals surface area contributed by atoms with E-state index in [0.717, 1.165) is 19.5 Å². The van der Waals surface area contributed by atoms with Crippen molar-refractivity contribution >= 4 is 0 Å². The molecule has 1 atom stereocenters. The van der Waals surface area contributed by atoms with Crippen LogP contribution in [0.15, 0.2) is 24.5 Å². The topological polar surface area (TPSA) is 45.1 Å². The lowest BCUT2D eigenvalue weighted by atomic mass is 10.1. The summed E-state index contributed by atoms with van der Waals surface area (Å²) in [5.41, 5.74) is 1.25. The Morgan fingerprint density at radius 2 is 2.14 bits per heavy atom. The van der Waals surface area contributed by atoms with E-state index in [9.17, 15) is 0 Å². The first kappa shape index (κ1) is 11.1. The van der Waals surface area contributed by atoms with Crippen LogP contribution in [0.25, 0.3) is 0 Å². The highest BCUT2D eigenvalue weighted by Gasteiger charge is 1.99. The number of nitrogens with one attached hydrogen (secondary N) is 1. The summed E-state index contributed by atoms with van der Waals surface area (Å²) in [6.07, 6.45) is 4.46. The molecule has 0 aromatic carbocycles. The molecule has 14 heavy (non-hydrogen) atoms. The molecule has 78 valence electrons. The van der Waals surface area contributed by atoms with Crippen molar-refractivity contribution in [3.63, 3.8) is 0 Å². The smallest absolute Gasteiger partial charge is 0.0434 e. The number of nitrogens with zero attached hydrogens (tertiary/aromatic N) is 1. The van der Waals surface area contributed by atoms with Crippen LogP contribution in [-0.4, -0.2) is 23.2 Å². The van der Waals surface area contributed by atoms with Gasteiger partial charge in [-0.25, -0.2) is 0 Å². The van der Waals surface area contributed by atoms with Crippen LogP contribution in [0.3, 0.4) is 0 Å². The molecule has 0 radical (unpaired) electrons. The summed E-state index contributed by atoms with van der Waals surface area (Å²) in [6, 6.07) is 4.01. The summed E-state index contributed by atoms with van der Waals surface area (Å²) >= 11 is 0. The number of aromatic nitrogens is 1. The maximum atomic E-state index is 8.72. The van der Waals surface area contributed by atoms with Gasteiger partial charge in [-0.05, 0) is 36.6 Å². The summed E-state index contributed by atoms with van der Waals surface area (Å²) < 4.78 is 0. The highest BCUT2D eigenvalue weighted by atomic mass is 16.3. The number of hydrogen-bond donors (Lipinski definition) is 2. The van der Waals surface area contributed by atoms with Crippen LogP contribution in [0.2, 0.25) is 0 Å². The van der Waals surface area contributed by atoms with Crippen molar-refractivity contribution in [3.8, 4) is 0 Å². The fourth-order valence-corrected chi connectivity index (χ4v) is 1.29. The number of aliphatic hydroxyl groups is 1. The Kier molecular flexibility index (Phi) is 5.19. The zero-order chi connectivity index (χ0) is 10.2. The van der Waals surface area contributed by atoms with Crippen LogP contribution >= 0.6 is 0 Å². The molecule has 1 heterocycles. The SMILES string of the molecule is CC(CCO)CNCc1ccncc1. The molecule has 0 saturated heterocycles. The van der Waals surface area contributed by atoms with E-state index >= 15 is 0 Å². The third kappa shape index (κ3) is 4.35. The summed E-state index contributed by atoms with van der Waals surface area (Å²) in [7, 11) is 0. The van der Waals surface area contributed by atoms with Gasteiger partial charge in [0.15, 0.2) is 0 Å². The van der Waals surface area contributed by atoms with Crippen molar-refractivity contribution in [2.24, 2.45) is 5.92 Å². The van der Waals surface area contributed by atoms with E-state index < -0.39 is 0 Å². The van der Waals surface area contributed by atoms with Gasteiger partial charge in [0.2, 0.25) is 0 Å². The maximum absolute atomic E-state index is 8.72. The molecule has 0 aliphatic rings. The van der Waals surface area contributed by atoms with Gasteiger partial charge in [0.05, 0.1) is 0 Å². The van der Waals surface area contributed by atoms with Crippen LogP contribution < -0.4 is 5.32 Å². The molecular weight excluding hydrogens is 176 g/mol. The normalized spacial score (nSPS) is 12.7. The fraction of sp³-hybridized carbons (Fsp3) is 0.545. The summed E-state index contributed by atoms with van der Waals surface area (Å²) in [5, 5.41) is 12.1. The minimum absolute atomic E-state index is 0.276. The molecule has 1 rings (SSSR count). The van der Waals surface area contributed by atoms with Crippen molar-refractivity contribution < 1.29 is 5.11 Å². The van der Waals surface area contributed by atoms with Gasteiger partial charge in [0.1, 0.15) is 0 Å². The van der Waals surface area contributed by atoms with Crippen LogP contribution in [0.4, 0.5) is 0 Å². The lowest BCUT2D eigenvalue weighted by molar-refractivity contribution is 0.260. The molecule has 3 nitrogen and oxygen atoms in total. The molecule has 3 heteroatoms. The molecule has 0 amide bonds. The van der Waals surface area contributed by atoms with Gasteiger partial charge in [-0.2, -0.15) is 0 Å². The van der Waals surface area contributed by atoms with Gasteiger partial charge >= 0.3 is 0 Å². The van der Waals surface area contributed by atoms with Gasteiger partial charge in [-0.1, -0.05) is 6.92 Å². The van der Waals surface area contributed by atoms with Gasteiger partial charge in [-0.3, -0.25) is 4.98 Å². The Balaban J connectivity index is 2.16. The van der Waals surface area contributed by atoms with E-state index in [0.29, 0.717) is 5.92 Å². The minimum atomic E-state index is 0.276. The highest BCUT2D eigenvalue weighted by Crippen LogP contribution is 2.00. The maximum Gasteiger partial charge on any atom is 0.0434 e. The first-order valence-corrected chi connectivity index (χ1v) is 5.03. The monoisotopic (exact) mass is 194 g/mol. The summed E-state index contributed by atoms with van der Waals surface area (Å²) in [6.45, 7) is 4.23. The second-order valence-electron chi connectivity index (χ2n) is 3.60. The van der Waals surface area contributed by atoms with E-state index in [1.807, 2.05) is 12.1 Å². The molecule has 1 unspecified atom stereocenters. The first-order valence-electron chi connectivity index (χ1n) is 5.03. The van der Waals surface area contributed by atoms with Crippen LogP contribution in [0, 0.1) is 5.92 Å². The Bertz CT molecular complexity index is 238. The van der Waals surface area contributed by atoms with E-state index in [-0.39, 0.29) is 6.61 Å². The number of pyridine rings is 1.